The number of carbonyl (C=O) groups excluding carboxylic acids is 1. The van der Waals surface area contributed by atoms with Crippen LogP contribution in [0, 0.1) is 5.92 Å². The van der Waals surface area contributed by atoms with E-state index >= 15 is 0 Å². The standard InChI is InChI=1S/C19H31NO/c1-3-5-6-7-8-9-10-11-12-13-17-20(16-4-2)19(21)18-14-15-18/h4,8-9,12-13,18H,2-3,5-7,10-11,14-17H2,1H3/b9-8-,13-12-. The van der Waals surface area contributed by atoms with Gasteiger partial charge in [0.1, 0.15) is 0 Å². The summed E-state index contributed by atoms with van der Waals surface area (Å²) >= 11 is 0. The molecule has 0 aliphatic heterocycles. The van der Waals surface area contributed by atoms with E-state index in [-0.39, 0.29) is 0 Å². The number of allylic oxidation sites excluding steroid dienone is 3. The van der Waals surface area contributed by atoms with Crippen molar-refractivity contribution in [2.75, 3.05) is 13.1 Å². The quantitative estimate of drug-likeness (QED) is 0.370. The molecular weight excluding hydrogens is 258 g/mol. The molecule has 0 unspecified atom stereocenters. The van der Waals surface area contributed by atoms with Crippen LogP contribution in [0.1, 0.15) is 58.3 Å². The highest BCUT2D eigenvalue weighted by molar-refractivity contribution is 5.81. The summed E-state index contributed by atoms with van der Waals surface area (Å²) in [5, 5.41) is 0. The minimum atomic E-state index is 0.296. The number of nitrogens with zero attached hydrogens (tertiary/aromatic N) is 1. The van der Waals surface area contributed by atoms with Crippen molar-refractivity contribution in [3.8, 4) is 0 Å². The van der Waals surface area contributed by atoms with Crippen LogP contribution in [0.15, 0.2) is 37.0 Å². The summed E-state index contributed by atoms with van der Waals surface area (Å²) in [5.41, 5.74) is 0. The molecule has 1 saturated carbocycles. The van der Waals surface area contributed by atoms with Crippen LogP contribution < -0.4 is 0 Å². The summed E-state index contributed by atoms with van der Waals surface area (Å²) in [4.78, 5) is 13.9. The minimum Gasteiger partial charge on any atom is -0.335 e. The third-order valence-corrected chi connectivity index (χ3v) is 3.72. The summed E-state index contributed by atoms with van der Waals surface area (Å²) in [5.74, 6) is 0.597. The van der Waals surface area contributed by atoms with Crippen molar-refractivity contribution in [2.45, 2.75) is 58.3 Å². The van der Waals surface area contributed by atoms with Gasteiger partial charge in [-0.3, -0.25) is 4.79 Å². The Morgan fingerprint density at radius 1 is 1.05 bits per heavy atom. The molecule has 1 fully saturated rings. The summed E-state index contributed by atoms with van der Waals surface area (Å²) in [6.45, 7) is 7.36. The number of hydrogen-bond acceptors (Lipinski definition) is 1. The van der Waals surface area contributed by atoms with Crippen LogP contribution in [0.4, 0.5) is 0 Å². The Bertz CT molecular complexity index is 353. The molecule has 0 bridgehead atoms. The fourth-order valence-electron chi connectivity index (χ4n) is 2.26. The van der Waals surface area contributed by atoms with Crippen molar-refractivity contribution in [1.29, 1.82) is 0 Å². The van der Waals surface area contributed by atoms with E-state index in [1.54, 1.807) is 0 Å². The fourth-order valence-corrected chi connectivity index (χ4v) is 2.26. The Kier molecular flexibility index (Phi) is 9.60. The van der Waals surface area contributed by atoms with E-state index < -0.39 is 0 Å². The average Bonchev–Trinajstić information content (AvgIpc) is 3.32. The molecule has 2 heteroatoms. The Hall–Kier alpha value is -1.31. The van der Waals surface area contributed by atoms with Gasteiger partial charge in [0, 0.05) is 19.0 Å². The molecule has 118 valence electrons. The SMILES string of the molecule is C=CCN(C/C=C\CC/C=C\CCCCC)C(=O)C1CC1. The summed E-state index contributed by atoms with van der Waals surface area (Å²) < 4.78 is 0. The second-order valence-electron chi connectivity index (χ2n) is 5.82. The molecular formula is C19H31NO. The molecule has 21 heavy (non-hydrogen) atoms. The number of carbonyl (C=O) groups is 1. The molecule has 0 atom stereocenters. The molecule has 1 aliphatic rings. The number of hydrogen-bond donors (Lipinski definition) is 0. The maximum atomic E-state index is 12.0. The number of unbranched alkanes of at least 4 members (excludes halogenated alkanes) is 4. The van der Waals surface area contributed by atoms with Crippen molar-refractivity contribution in [3.05, 3.63) is 37.0 Å². The largest absolute Gasteiger partial charge is 0.335 e. The van der Waals surface area contributed by atoms with Crippen molar-refractivity contribution in [2.24, 2.45) is 5.92 Å². The normalized spacial score (nSPS) is 14.9. The Morgan fingerprint density at radius 2 is 1.71 bits per heavy atom. The molecule has 0 aromatic rings. The predicted octanol–water partition coefficient (Wildman–Crippen LogP) is 4.88. The lowest BCUT2D eigenvalue weighted by Gasteiger charge is -2.19. The average molecular weight is 289 g/mol. The van der Waals surface area contributed by atoms with E-state index in [1.165, 1.54) is 25.7 Å². The molecule has 1 rings (SSSR count). The highest BCUT2D eigenvalue weighted by Crippen LogP contribution is 2.30. The number of amides is 1. The molecule has 1 aliphatic carbocycles. The molecule has 0 N–H and O–H groups in total. The molecule has 0 aromatic heterocycles. The summed E-state index contributed by atoms with van der Waals surface area (Å²) in [6.07, 6.45) is 20.1. The summed E-state index contributed by atoms with van der Waals surface area (Å²) in [6, 6.07) is 0. The van der Waals surface area contributed by atoms with Crippen LogP contribution in [0.5, 0.6) is 0 Å². The second kappa shape index (κ2) is 11.4. The number of rotatable bonds is 12. The third-order valence-electron chi connectivity index (χ3n) is 3.72. The second-order valence-corrected chi connectivity index (χ2v) is 5.82. The maximum Gasteiger partial charge on any atom is 0.226 e. The van der Waals surface area contributed by atoms with Crippen LogP contribution in [0.3, 0.4) is 0 Å². The highest BCUT2D eigenvalue weighted by atomic mass is 16.2. The van der Waals surface area contributed by atoms with Crippen LogP contribution in [-0.2, 0) is 4.79 Å². The molecule has 0 heterocycles. The molecule has 0 aromatic carbocycles. The summed E-state index contributed by atoms with van der Waals surface area (Å²) in [7, 11) is 0. The first-order chi connectivity index (χ1) is 10.3. The van der Waals surface area contributed by atoms with Crippen molar-refractivity contribution < 1.29 is 4.79 Å². The lowest BCUT2D eigenvalue weighted by Crippen LogP contribution is -2.32. The van der Waals surface area contributed by atoms with Gasteiger partial charge in [0.25, 0.3) is 0 Å². The van der Waals surface area contributed by atoms with Crippen molar-refractivity contribution in [1.82, 2.24) is 4.90 Å². The van der Waals surface area contributed by atoms with Crippen LogP contribution >= 0.6 is 0 Å². The van der Waals surface area contributed by atoms with E-state index in [2.05, 4.69) is 37.8 Å². The van der Waals surface area contributed by atoms with Gasteiger partial charge in [-0.05, 0) is 38.5 Å². The van der Waals surface area contributed by atoms with Crippen molar-refractivity contribution in [3.63, 3.8) is 0 Å². The van der Waals surface area contributed by atoms with Gasteiger partial charge >= 0.3 is 0 Å². The van der Waals surface area contributed by atoms with Crippen LogP contribution in [-0.4, -0.2) is 23.9 Å². The molecule has 1 amide bonds. The predicted molar refractivity (Wildman–Crippen MR) is 91.2 cm³/mol. The smallest absolute Gasteiger partial charge is 0.226 e. The van der Waals surface area contributed by atoms with Gasteiger partial charge in [-0.15, -0.1) is 6.58 Å². The zero-order valence-electron chi connectivity index (χ0n) is 13.6. The maximum absolute atomic E-state index is 12.0. The Balaban J connectivity index is 2.11. The van der Waals surface area contributed by atoms with Crippen LogP contribution in [0.25, 0.3) is 0 Å². The lowest BCUT2D eigenvalue weighted by atomic mass is 10.2. The van der Waals surface area contributed by atoms with E-state index in [1.807, 2.05) is 11.0 Å². The zero-order chi connectivity index (χ0) is 15.3. The topological polar surface area (TPSA) is 20.3 Å². The fraction of sp³-hybridized carbons (Fsp3) is 0.632. The highest BCUT2D eigenvalue weighted by Gasteiger charge is 2.32. The Morgan fingerprint density at radius 3 is 2.33 bits per heavy atom. The molecule has 0 radical (unpaired) electrons. The first-order valence-corrected chi connectivity index (χ1v) is 8.49. The molecule has 0 spiro atoms. The van der Waals surface area contributed by atoms with E-state index in [0.29, 0.717) is 18.4 Å². The molecule has 0 saturated heterocycles. The van der Waals surface area contributed by atoms with Gasteiger partial charge < -0.3 is 4.90 Å². The van der Waals surface area contributed by atoms with Crippen LogP contribution in [0.2, 0.25) is 0 Å². The van der Waals surface area contributed by atoms with Gasteiger partial charge in [0.15, 0.2) is 0 Å². The lowest BCUT2D eigenvalue weighted by molar-refractivity contribution is -0.131. The minimum absolute atomic E-state index is 0.296. The van der Waals surface area contributed by atoms with Crippen molar-refractivity contribution >= 4 is 5.91 Å². The molecule has 2 nitrogen and oxygen atoms in total. The van der Waals surface area contributed by atoms with Gasteiger partial charge in [0.2, 0.25) is 5.91 Å². The Labute approximate surface area is 130 Å². The van der Waals surface area contributed by atoms with Gasteiger partial charge in [0.05, 0.1) is 0 Å². The first-order valence-electron chi connectivity index (χ1n) is 8.49. The van der Waals surface area contributed by atoms with Gasteiger partial charge in [-0.1, -0.05) is 50.1 Å². The van der Waals surface area contributed by atoms with Gasteiger partial charge in [-0.25, -0.2) is 0 Å². The van der Waals surface area contributed by atoms with E-state index in [4.69, 9.17) is 0 Å². The van der Waals surface area contributed by atoms with E-state index in [0.717, 1.165) is 32.2 Å². The zero-order valence-corrected chi connectivity index (χ0v) is 13.6. The van der Waals surface area contributed by atoms with Gasteiger partial charge in [-0.2, -0.15) is 0 Å². The van der Waals surface area contributed by atoms with E-state index in [9.17, 15) is 4.79 Å². The third kappa shape index (κ3) is 8.54. The monoisotopic (exact) mass is 289 g/mol. The first kappa shape index (κ1) is 17.7.